The van der Waals surface area contributed by atoms with Crippen molar-refractivity contribution in [3.8, 4) is 0 Å². The Kier molecular flexibility index (Phi) is 6.11. The molecule has 1 aromatic heterocycles. The zero-order valence-electron chi connectivity index (χ0n) is 14.8. The molecule has 2 aromatic rings. The highest BCUT2D eigenvalue weighted by Gasteiger charge is 2.13. The van der Waals surface area contributed by atoms with Gasteiger partial charge in [-0.3, -0.25) is 14.4 Å². The van der Waals surface area contributed by atoms with Gasteiger partial charge in [0.1, 0.15) is 12.2 Å². The van der Waals surface area contributed by atoms with Crippen LogP contribution in [0.4, 0.5) is 5.69 Å². The van der Waals surface area contributed by atoms with Crippen molar-refractivity contribution in [2.45, 2.75) is 33.7 Å². The summed E-state index contributed by atoms with van der Waals surface area (Å²) in [6, 6.07) is 10.3. The largest absolute Gasteiger partial charge is 0.355 e. The molecule has 132 valence electrons. The first-order valence-electron chi connectivity index (χ1n) is 8.27. The first-order chi connectivity index (χ1) is 11.9. The summed E-state index contributed by atoms with van der Waals surface area (Å²) in [5.74, 6) is -0.586. The SMILES string of the molecule is CCCNC(=O)Cn1c(C)ccc(NC(=O)c2ccc(C)cc2)c1=O. The third-order valence-corrected chi connectivity index (χ3v) is 3.83. The van der Waals surface area contributed by atoms with E-state index >= 15 is 0 Å². The van der Waals surface area contributed by atoms with Gasteiger partial charge in [0.05, 0.1) is 0 Å². The molecule has 0 bridgehead atoms. The van der Waals surface area contributed by atoms with Gasteiger partial charge in [0, 0.05) is 17.8 Å². The molecular weight excluding hydrogens is 318 g/mol. The van der Waals surface area contributed by atoms with Gasteiger partial charge >= 0.3 is 0 Å². The van der Waals surface area contributed by atoms with E-state index in [0.717, 1.165) is 12.0 Å². The Morgan fingerprint density at radius 3 is 2.36 bits per heavy atom. The number of rotatable bonds is 6. The van der Waals surface area contributed by atoms with E-state index in [2.05, 4.69) is 10.6 Å². The topological polar surface area (TPSA) is 80.2 Å². The molecular formula is C19H23N3O3. The molecule has 1 aromatic carbocycles. The Bertz CT molecular complexity index is 823. The van der Waals surface area contributed by atoms with Gasteiger partial charge in [0.15, 0.2) is 0 Å². The lowest BCUT2D eigenvalue weighted by Crippen LogP contribution is -2.35. The van der Waals surface area contributed by atoms with Crippen LogP contribution < -0.4 is 16.2 Å². The number of nitrogens with zero attached hydrogens (tertiary/aromatic N) is 1. The van der Waals surface area contributed by atoms with Crippen molar-refractivity contribution in [3.05, 3.63) is 63.6 Å². The van der Waals surface area contributed by atoms with Gasteiger partial charge in [-0.25, -0.2) is 0 Å². The second kappa shape index (κ2) is 8.28. The van der Waals surface area contributed by atoms with Crippen molar-refractivity contribution >= 4 is 17.5 Å². The summed E-state index contributed by atoms with van der Waals surface area (Å²) >= 11 is 0. The summed E-state index contributed by atoms with van der Waals surface area (Å²) < 4.78 is 1.36. The minimum absolute atomic E-state index is 0.0705. The van der Waals surface area contributed by atoms with E-state index in [1.54, 1.807) is 31.2 Å². The van der Waals surface area contributed by atoms with Gasteiger partial charge in [-0.2, -0.15) is 0 Å². The molecule has 2 amide bonds. The highest BCUT2D eigenvalue weighted by molar-refractivity contribution is 6.04. The molecule has 2 rings (SSSR count). The molecule has 0 unspecified atom stereocenters. The number of aromatic nitrogens is 1. The van der Waals surface area contributed by atoms with Gasteiger partial charge in [-0.1, -0.05) is 24.6 Å². The summed E-state index contributed by atoms with van der Waals surface area (Å²) in [7, 11) is 0. The Labute approximate surface area is 146 Å². The van der Waals surface area contributed by atoms with E-state index in [1.807, 2.05) is 26.0 Å². The molecule has 0 spiro atoms. The number of hydrogen-bond donors (Lipinski definition) is 2. The average Bonchev–Trinajstić information content (AvgIpc) is 2.59. The van der Waals surface area contributed by atoms with Crippen LogP contribution >= 0.6 is 0 Å². The molecule has 0 fully saturated rings. The monoisotopic (exact) mass is 341 g/mol. The number of anilines is 1. The Balaban J connectivity index is 2.20. The summed E-state index contributed by atoms with van der Waals surface area (Å²) in [6.45, 7) is 6.14. The highest BCUT2D eigenvalue weighted by atomic mass is 16.2. The molecule has 0 saturated heterocycles. The Hall–Kier alpha value is -2.89. The molecule has 0 aliphatic carbocycles. The number of carbonyl (C=O) groups is 2. The fraction of sp³-hybridized carbons (Fsp3) is 0.316. The zero-order chi connectivity index (χ0) is 18.4. The van der Waals surface area contributed by atoms with Gasteiger partial charge in [0.2, 0.25) is 5.91 Å². The molecule has 2 N–H and O–H groups in total. The van der Waals surface area contributed by atoms with Crippen molar-refractivity contribution in [1.29, 1.82) is 0 Å². The third kappa shape index (κ3) is 4.79. The normalized spacial score (nSPS) is 10.4. The zero-order valence-corrected chi connectivity index (χ0v) is 14.8. The highest BCUT2D eigenvalue weighted by Crippen LogP contribution is 2.08. The lowest BCUT2D eigenvalue weighted by Gasteiger charge is -2.12. The summed E-state index contributed by atoms with van der Waals surface area (Å²) in [6.07, 6.45) is 0.826. The molecule has 0 aliphatic rings. The number of aryl methyl sites for hydroxylation is 2. The van der Waals surface area contributed by atoms with Crippen LogP contribution in [-0.2, 0) is 11.3 Å². The smallest absolute Gasteiger partial charge is 0.274 e. The Morgan fingerprint density at radius 2 is 1.72 bits per heavy atom. The summed E-state index contributed by atoms with van der Waals surface area (Å²) in [4.78, 5) is 36.8. The third-order valence-electron chi connectivity index (χ3n) is 3.83. The van der Waals surface area contributed by atoms with E-state index in [9.17, 15) is 14.4 Å². The molecule has 1 heterocycles. The molecule has 6 nitrogen and oxygen atoms in total. The van der Waals surface area contributed by atoms with Crippen molar-refractivity contribution in [1.82, 2.24) is 9.88 Å². The van der Waals surface area contributed by atoms with E-state index in [1.165, 1.54) is 4.57 Å². The molecule has 6 heteroatoms. The van der Waals surface area contributed by atoms with Crippen molar-refractivity contribution in [2.75, 3.05) is 11.9 Å². The van der Waals surface area contributed by atoms with Crippen LogP contribution in [0.5, 0.6) is 0 Å². The molecule has 25 heavy (non-hydrogen) atoms. The van der Waals surface area contributed by atoms with E-state index in [-0.39, 0.29) is 24.0 Å². The second-order valence-electron chi connectivity index (χ2n) is 5.95. The maximum Gasteiger partial charge on any atom is 0.274 e. The molecule has 0 saturated carbocycles. The predicted molar refractivity (Wildman–Crippen MR) is 97.9 cm³/mol. The van der Waals surface area contributed by atoms with Crippen molar-refractivity contribution in [2.24, 2.45) is 0 Å². The second-order valence-corrected chi connectivity index (χ2v) is 5.95. The van der Waals surface area contributed by atoms with Crippen molar-refractivity contribution < 1.29 is 9.59 Å². The minimum Gasteiger partial charge on any atom is -0.355 e. The van der Waals surface area contributed by atoms with Gasteiger partial charge in [-0.05, 0) is 44.5 Å². The standard InChI is InChI=1S/C19H23N3O3/c1-4-11-20-17(23)12-22-14(3)7-10-16(19(22)25)21-18(24)15-8-5-13(2)6-9-15/h5-10H,4,11-12H2,1-3H3,(H,20,23)(H,21,24). The Morgan fingerprint density at radius 1 is 1.04 bits per heavy atom. The number of benzene rings is 1. The van der Waals surface area contributed by atoms with Crippen LogP contribution in [0.1, 0.15) is 35.0 Å². The number of amides is 2. The fourth-order valence-electron chi connectivity index (χ4n) is 2.33. The van der Waals surface area contributed by atoms with Crippen LogP contribution in [0.15, 0.2) is 41.2 Å². The van der Waals surface area contributed by atoms with Crippen LogP contribution in [0.2, 0.25) is 0 Å². The molecule has 0 aliphatic heterocycles. The van der Waals surface area contributed by atoms with Crippen molar-refractivity contribution in [3.63, 3.8) is 0 Å². The van der Waals surface area contributed by atoms with Crippen LogP contribution in [0, 0.1) is 13.8 Å². The van der Waals surface area contributed by atoms with E-state index in [4.69, 9.17) is 0 Å². The van der Waals surface area contributed by atoms with Crippen LogP contribution in [0.25, 0.3) is 0 Å². The predicted octanol–water partition coefficient (Wildman–Crippen LogP) is 2.24. The number of nitrogens with one attached hydrogen (secondary N) is 2. The van der Waals surface area contributed by atoms with Gasteiger partial charge in [0.25, 0.3) is 11.5 Å². The van der Waals surface area contributed by atoms with E-state index < -0.39 is 5.56 Å². The number of hydrogen-bond acceptors (Lipinski definition) is 3. The van der Waals surface area contributed by atoms with Gasteiger partial charge < -0.3 is 15.2 Å². The lowest BCUT2D eigenvalue weighted by molar-refractivity contribution is -0.121. The summed E-state index contributed by atoms with van der Waals surface area (Å²) in [5, 5.41) is 5.37. The number of carbonyl (C=O) groups excluding carboxylic acids is 2. The first kappa shape index (κ1) is 18.4. The summed E-state index contributed by atoms with van der Waals surface area (Å²) in [5.41, 5.74) is 1.93. The quantitative estimate of drug-likeness (QED) is 0.845. The lowest BCUT2D eigenvalue weighted by atomic mass is 10.1. The molecule has 0 atom stereocenters. The maximum absolute atomic E-state index is 12.6. The maximum atomic E-state index is 12.6. The first-order valence-corrected chi connectivity index (χ1v) is 8.27. The molecule has 0 radical (unpaired) electrons. The number of pyridine rings is 1. The van der Waals surface area contributed by atoms with E-state index in [0.29, 0.717) is 17.8 Å². The minimum atomic E-state index is -0.396. The fourth-order valence-corrected chi connectivity index (χ4v) is 2.33. The van der Waals surface area contributed by atoms with Crippen LogP contribution in [0.3, 0.4) is 0 Å². The van der Waals surface area contributed by atoms with Crippen LogP contribution in [-0.4, -0.2) is 22.9 Å². The van der Waals surface area contributed by atoms with Gasteiger partial charge in [-0.15, -0.1) is 0 Å². The average molecular weight is 341 g/mol.